The van der Waals surface area contributed by atoms with E-state index in [2.05, 4.69) is 12.1 Å². The van der Waals surface area contributed by atoms with Gasteiger partial charge in [-0.25, -0.2) is 4.39 Å². The Morgan fingerprint density at radius 2 is 1.67 bits per heavy atom. The number of carboxylic acids is 1. The van der Waals surface area contributed by atoms with Crippen LogP contribution in [-0.2, 0) is 22.6 Å². The second kappa shape index (κ2) is 17.0. The number of aliphatic carboxylic acids is 1. The SMILES string of the molecule is C/C=C\COCc1ccccc1.CC.O=C(O)CCCc1ccc(F)cc1. The highest BCUT2D eigenvalue weighted by Gasteiger charge is 1.98. The van der Waals surface area contributed by atoms with Crippen molar-refractivity contribution in [3.63, 3.8) is 0 Å². The molecular weight excluding hydrogens is 343 g/mol. The summed E-state index contributed by atoms with van der Waals surface area (Å²) in [5, 5.41) is 8.38. The summed E-state index contributed by atoms with van der Waals surface area (Å²) in [6.07, 6.45) is 5.44. The van der Waals surface area contributed by atoms with Gasteiger partial charge in [0, 0.05) is 6.42 Å². The minimum Gasteiger partial charge on any atom is -0.481 e. The lowest BCUT2D eigenvalue weighted by Gasteiger charge is -1.99. The zero-order valence-corrected chi connectivity index (χ0v) is 16.5. The van der Waals surface area contributed by atoms with E-state index in [9.17, 15) is 9.18 Å². The fourth-order valence-corrected chi connectivity index (χ4v) is 2.01. The van der Waals surface area contributed by atoms with Crippen LogP contribution in [0.2, 0.25) is 0 Å². The maximum absolute atomic E-state index is 12.4. The van der Waals surface area contributed by atoms with E-state index in [4.69, 9.17) is 9.84 Å². The molecule has 0 heterocycles. The summed E-state index contributed by atoms with van der Waals surface area (Å²) in [6.45, 7) is 7.39. The molecule has 27 heavy (non-hydrogen) atoms. The molecular formula is C23H31FO3. The van der Waals surface area contributed by atoms with Crippen LogP contribution in [0, 0.1) is 5.82 Å². The summed E-state index contributed by atoms with van der Waals surface area (Å²) in [5.74, 6) is -1.05. The van der Waals surface area contributed by atoms with Crippen molar-refractivity contribution < 1.29 is 19.0 Å². The molecule has 0 atom stereocenters. The van der Waals surface area contributed by atoms with Gasteiger partial charge in [-0.15, -0.1) is 0 Å². The Balaban J connectivity index is 0.000000460. The van der Waals surface area contributed by atoms with E-state index in [1.807, 2.05) is 51.1 Å². The van der Waals surface area contributed by atoms with Gasteiger partial charge in [-0.05, 0) is 43.0 Å². The Bertz CT molecular complexity index is 622. The fourth-order valence-electron chi connectivity index (χ4n) is 2.01. The molecule has 0 saturated carbocycles. The number of hydrogen-bond donors (Lipinski definition) is 1. The number of allylic oxidation sites excluding steroid dienone is 1. The number of hydrogen-bond acceptors (Lipinski definition) is 2. The average Bonchev–Trinajstić information content (AvgIpc) is 2.69. The van der Waals surface area contributed by atoms with Crippen molar-refractivity contribution in [1.29, 1.82) is 0 Å². The molecule has 0 aliphatic heterocycles. The molecule has 2 aromatic rings. The minimum absolute atomic E-state index is 0.164. The first-order valence-electron chi connectivity index (χ1n) is 9.31. The summed E-state index contributed by atoms with van der Waals surface area (Å²) in [6, 6.07) is 16.3. The molecule has 2 aromatic carbocycles. The standard InChI is InChI=1S/C11H14O.C10H11FO2.C2H6/c1-2-3-9-12-10-11-7-5-4-6-8-11;11-9-6-4-8(5-7-9)2-1-3-10(12)13;1-2/h2-8H,9-10H2,1H3;4-7H,1-3H2,(H,12,13);1-2H3/b3-2-;;. The first-order valence-corrected chi connectivity index (χ1v) is 9.31. The normalized spacial score (nSPS) is 9.78. The number of benzene rings is 2. The van der Waals surface area contributed by atoms with E-state index >= 15 is 0 Å². The zero-order valence-electron chi connectivity index (χ0n) is 16.5. The van der Waals surface area contributed by atoms with Gasteiger partial charge in [0.15, 0.2) is 0 Å². The molecule has 0 spiro atoms. The van der Waals surface area contributed by atoms with E-state index in [1.54, 1.807) is 12.1 Å². The third-order valence-electron chi connectivity index (χ3n) is 3.33. The van der Waals surface area contributed by atoms with Crippen LogP contribution >= 0.6 is 0 Å². The van der Waals surface area contributed by atoms with Crippen molar-refractivity contribution in [2.45, 2.75) is 46.6 Å². The van der Waals surface area contributed by atoms with Gasteiger partial charge in [-0.2, -0.15) is 0 Å². The first-order chi connectivity index (χ1) is 13.1. The second-order valence-electron chi connectivity index (χ2n) is 5.44. The number of rotatable bonds is 8. The molecule has 3 nitrogen and oxygen atoms in total. The molecule has 4 heteroatoms. The molecule has 0 bridgehead atoms. The second-order valence-corrected chi connectivity index (χ2v) is 5.44. The van der Waals surface area contributed by atoms with Gasteiger partial charge in [0.05, 0.1) is 13.2 Å². The predicted molar refractivity (Wildman–Crippen MR) is 109 cm³/mol. The predicted octanol–water partition coefficient (Wildman–Crippen LogP) is 6.04. The van der Waals surface area contributed by atoms with Crippen molar-refractivity contribution in [3.8, 4) is 0 Å². The molecule has 0 aliphatic rings. The summed E-state index contributed by atoms with van der Waals surface area (Å²) in [5.41, 5.74) is 2.20. The molecule has 1 N–H and O–H groups in total. The molecule has 0 aromatic heterocycles. The van der Waals surface area contributed by atoms with Crippen molar-refractivity contribution >= 4 is 5.97 Å². The Kier molecular flexibility index (Phi) is 15.4. The quantitative estimate of drug-likeness (QED) is 0.453. The van der Waals surface area contributed by atoms with Crippen molar-refractivity contribution in [2.75, 3.05) is 6.61 Å². The highest BCUT2D eigenvalue weighted by molar-refractivity contribution is 5.66. The topological polar surface area (TPSA) is 46.5 Å². The third kappa shape index (κ3) is 14.4. The first kappa shape index (κ1) is 24.5. The van der Waals surface area contributed by atoms with Gasteiger partial charge in [0.1, 0.15) is 5.82 Å². The summed E-state index contributed by atoms with van der Waals surface area (Å²) in [4.78, 5) is 10.2. The number of aryl methyl sites for hydroxylation is 1. The Morgan fingerprint density at radius 1 is 1.04 bits per heavy atom. The molecule has 0 aliphatic carbocycles. The van der Waals surface area contributed by atoms with Gasteiger partial charge in [-0.1, -0.05) is 68.5 Å². The average molecular weight is 374 g/mol. The summed E-state index contributed by atoms with van der Waals surface area (Å²) >= 11 is 0. The molecule has 0 fully saturated rings. The van der Waals surface area contributed by atoms with Gasteiger partial charge < -0.3 is 9.84 Å². The number of carboxylic acid groups (broad SMARTS) is 1. The van der Waals surface area contributed by atoms with Crippen LogP contribution in [0.1, 0.15) is 44.7 Å². The fraction of sp³-hybridized carbons (Fsp3) is 0.348. The van der Waals surface area contributed by atoms with Crippen LogP contribution in [-0.4, -0.2) is 17.7 Å². The van der Waals surface area contributed by atoms with E-state index in [0.29, 0.717) is 26.1 Å². The van der Waals surface area contributed by atoms with E-state index in [1.165, 1.54) is 17.7 Å². The van der Waals surface area contributed by atoms with Crippen LogP contribution in [0.4, 0.5) is 4.39 Å². The number of carbonyl (C=O) groups is 1. The highest BCUT2D eigenvalue weighted by Crippen LogP contribution is 2.06. The van der Waals surface area contributed by atoms with E-state index in [-0.39, 0.29) is 12.2 Å². The number of ether oxygens (including phenoxy) is 1. The van der Waals surface area contributed by atoms with Crippen molar-refractivity contribution in [1.82, 2.24) is 0 Å². The van der Waals surface area contributed by atoms with E-state index in [0.717, 1.165) is 5.56 Å². The van der Waals surface area contributed by atoms with Gasteiger partial charge >= 0.3 is 5.97 Å². The summed E-state index contributed by atoms with van der Waals surface area (Å²) < 4.78 is 17.8. The highest BCUT2D eigenvalue weighted by atomic mass is 19.1. The lowest BCUT2D eigenvalue weighted by Crippen LogP contribution is -1.95. The third-order valence-corrected chi connectivity index (χ3v) is 3.33. The van der Waals surface area contributed by atoms with Gasteiger partial charge in [0.25, 0.3) is 0 Å². The Hall–Kier alpha value is -2.46. The lowest BCUT2D eigenvalue weighted by atomic mass is 10.1. The molecule has 2 rings (SSSR count). The number of halogens is 1. The van der Waals surface area contributed by atoms with Crippen LogP contribution in [0.25, 0.3) is 0 Å². The maximum atomic E-state index is 12.4. The van der Waals surface area contributed by atoms with Crippen molar-refractivity contribution in [3.05, 3.63) is 83.7 Å². The lowest BCUT2D eigenvalue weighted by molar-refractivity contribution is -0.137. The van der Waals surface area contributed by atoms with Crippen LogP contribution in [0.15, 0.2) is 66.7 Å². The smallest absolute Gasteiger partial charge is 0.303 e. The van der Waals surface area contributed by atoms with Gasteiger partial charge in [-0.3, -0.25) is 4.79 Å². The van der Waals surface area contributed by atoms with E-state index < -0.39 is 5.97 Å². The van der Waals surface area contributed by atoms with Gasteiger partial charge in [0.2, 0.25) is 0 Å². The van der Waals surface area contributed by atoms with Crippen LogP contribution < -0.4 is 0 Å². The molecule has 0 saturated heterocycles. The summed E-state index contributed by atoms with van der Waals surface area (Å²) in [7, 11) is 0. The molecule has 0 radical (unpaired) electrons. The van der Waals surface area contributed by atoms with Crippen molar-refractivity contribution in [2.24, 2.45) is 0 Å². The molecule has 0 unspecified atom stereocenters. The van der Waals surface area contributed by atoms with Crippen LogP contribution in [0.5, 0.6) is 0 Å². The Labute approximate surface area is 162 Å². The zero-order chi connectivity index (χ0) is 20.3. The van der Waals surface area contributed by atoms with Crippen LogP contribution in [0.3, 0.4) is 0 Å². The molecule has 0 amide bonds. The monoisotopic (exact) mass is 374 g/mol. The maximum Gasteiger partial charge on any atom is 0.303 e. The molecule has 148 valence electrons. The Morgan fingerprint density at radius 3 is 2.22 bits per heavy atom. The minimum atomic E-state index is -0.790. The largest absolute Gasteiger partial charge is 0.481 e.